The molecule has 1 aromatic heterocycles. The molecular formula is C19H29N7OS. The summed E-state index contributed by atoms with van der Waals surface area (Å²) in [5.74, 6) is 1.04. The van der Waals surface area contributed by atoms with Crippen LogP contribution in [0.5, 0.6) is 5.75 Å². The maximum atomic E-state index is 5.88. The first-order chi connectivity index (χ1) is 13.6. The Labute approximate surface area is 169 Å². The summed E-state index contributed by atoms with van der Waals surface area (Å²) in [6, 6.07) is 8.33. The molecule has 1 aromatic carbocycles. The molecule has 0 aliphatic heterocycles. The summed E-state index contributed by atoms with van der Waals surface area (Å²) in [4.78, 5) is 7.93. The Balaban J connectivity index is 1.93. The highest BCUT2D eigenvalue weighted by molar-refractivity contribution is 7.08. The molecule has 0 amide bonds. The molecule has 0 spiro atoms. The summed E-state index contributed by atoms with van der Waals surface area (Å²) in [5, 5.41) is 7.66. The van der Waals surface area contributed by atoms with E-state index in [1.54, 1.807) is 11.3 Å². The molecule has 2 rings (SSSR count). The molecule has 152 valence electrons. The molecule has 0 saturated carbocycles. The van der Waals surface area contributed by atoms with Crippen molar-refractivity contribution >= 4 is 23.3 Å². The summed E-state index contributed by atoms with van der Waals surface area (Å²) in [7, 11) is 0. The Morgan fingerprint density at radius 1 is 0.964 bits per heavy atom. The van der Waals surface area contributed by atoms with Crippen molar-refractivity contribution in [2.45, 2.75) is 19.4 Å². The third-order valence-electron chi connectivity index (χ3n) is 3.93. The normalized spacial score (nSPS) is 10.4. The highest BCUT2D eigenvalue weighted by atomic mass is 32.1. The van der Waals surface area contributed by atoms with Crippen LogP contribution in [-0.4, -0.2) is 38.2 Å². The van der Waals surface area contributed by atoms with Crippen LogP contribution in [0.2, 0.25) is 0 Å². The third-order valence-corrected chi connectivity index (χ3v) is 4.61. The number of benzene rings is 1. The van der Waals surface area contributed by atoms with Gasteiger partial charge in [-0.05, 0) is 59.5 Å². The minimum Gasteiger partial charge on any atom is -0.491 e. The van der Waals surface area contributed by atoms with Crippen molar-refractivity contribution in [3.8, 4) is 16.9 Å². The van der Waals surface area contributed by atoms with Crippen LogP contribution >= 0.6 is 11.3 Å². The Bertz CT molecular complexity index is 767. The highest BCUT2D eigenvalue weighted by Gasteiger charge is 2.07. The fourth-order valence-corrected chi connectivity index (χ4v) is 3.26. The van der Waals surface area contributed by atoms with Gasteiger partial charge in [-0.2, -0.15) is 11.3 Å². The summed E-state index contributed by atoms with van der Waals surface area (Å²) in [6.07, 6.45) is 1.92. The fourth-order valence-electron chi connectivity index (χ4n) is 2.59. The number of aliphatic imine (C=N–C) groups is 2. The van der Waals surface area contributed by atoms with Crippen LogP contribution in [0.4, 0.5) is 0 Å². The number of nitrogens with two attached hydrogens (primary N) is 4. The number of hydrogen-bond donors (Lipinski definition) is 5. The lowest BCUT2D eigenvalue weighted by atomic mass is 10.0. The third kappa shape index (κ3) is 7.85. The van der Waals surface area contributed by atoms with Crippen LogP contribution in [0.3, 0.4) is 0 Å². The van der Waals surface area contributed by atoms with Crippen molar-refractivity contribution < 1.29 is 4.74 Å². The molecule has 2 aromatic rings. The van der Waals surface area contributed by atoms with Gasteiger partial charge in [-0.1, -0.05) is 6.07 Å². The van der Waals surface area contributed by atoms with Crippen molar-refractivity contribution in [2.75, 3.05) is 26.2 Å². The second-order valence-corrected chi connectivity index (χ2v) is 6.96. The first kappa shape index (κ1) is 21.5. The van der Waals surface area contributed by atoms with Crippen molar-refractivity contribution in [3.63, 3.8) is 0 Å². The monoisotopic (exact) mass is 403 g/mol. The van der Waals surface area contributed by atoms with E-state index in [0.717, 1.165) is 30.7 Å². The minimum atomic E-state index is 0.0685. The molecule has 0 atom stereocenters. The number of guanidine groups is 2. The highest BCUT2D eigenvalue weighted by Crippen LogP contribution is 2.28. The second-order valence-electron chi connectivity index (χ2n) is 6.18. The largest absolute Gasteiger partial charge is 0.491 e. The molecule has 1 heterocycles. The van der Waals surface area contributed by atoms with Crippen LogP contribution in [0.15, 0.2) is 45.0 Å². The van der Waals surface area contributed by atoms with Gasteiger partial charge in [0.05, 0.1) is 6.54 Å². The molecule has 9 N–H and O–H groups in total. The molecular weight excluding hydrogens is 374 g/mol. The molecule has 0 aliphatic rings. The van der Waals surface area contributed by atoms with Gasteiger partial charge in [0.25, 0.3) is 0 Å². The number of nitrogens with one attached hydrogen (secondary N) is 1. The molecule has 0 unspecified atom stereocenters. The van der Waals surface area contributed by atoms with Crippen LogP contribution in [0, 0.1) is 0 Å². The lowest BCUT2D eigenvalue weighted by molar-refractivity contribution is 0.324. The van der Waals surface area contributed by atoms with E-state index in [1.807, 2.05) is 6.07 Å². The first-order valence-corrected chi connectivity index (χ1v) is 10.1. The average Bonchev–Trinajstić information content (AvgIpc) is 3.19. The summed E-state index contributed by atoms with van der Waals surface area (Å²) < 4.78 is 5.88. The zero-order valence-corrected chi connectivity index (χ0v) is 16.8. The van der Waals surface area contributed by atoms with Crippen molar-refractivity contribution in [2.24, 2.45) is 32.9 Å². The Morgan fingerprint density at radius 2 is 1.75 bits per heavy atom. The summed E-state index contributed by atoms with van der Waals surface area (Å²) in [6.45, 7) is 3.07. The van der Waals surface area contributed by atoms with Gasteiger partial charge in [-0.15, -0.1) is 0 Å². The van der Waals surface area contributed by atoms with Gasteiger partial charge < -0.3 is 33.0 Å². The summed E-state index contributed by atoms with van der Waals surface area (Å²) >= 11 is 1.68. The van der Waals surface area contributed by atoms with Crippen molar-refractivity contribution in [1.82, 2.24) is 5.32 Å². The van der Waals surface area contributed by atoms with Gasteiger partial charge in [0, 0.05) is 18.7 Å². The quantitative estimate of drug-likeness (QED) is 0.204. The smallest absolute Gasteiger partial charge is 0.186 e. The zero-order valence-electron chi connectivity index (χ0n) is 15.9. The Morgan fingerprint density at radius 3 is 2.46 bits per heavy atom. The topological polar surface area (TPSA) is 150 Å². The van der Waals surface area contributed by atoms with Gasteiger partial charge in [0.2, 0.25) is 0 Å². The number of ether oxygens (including phenoxy) is 1. The Hall–Kier alpha value is -2.78. The molecule has 8 nitrogen and oxygen atoms in total. The van der Waals surface area contributed by atoms with E-state index < -0.39 is 0 Å². The van der Waals surface area contributed by atoms with E-state index in [2.05, 4.69) is 44.3 Å². The number of rotatable bonds is 12. The van der Waals surface area contributed by atoms with Crippen molar-refractivity contribution in [3.05, 3.63) is 40.6 Å². The first-order valence-electron chi connectivity index (χ1n) is 9.16. The fraction of sp³-hybridized carbons (Fsp3) is 0.368. The SMILES string of the molecule is NC(N)=NCCCCNCc1cc(-c2ccsc2)ccc1OCCN=C(N)N. The Kier molecular flexibility index (Phi) is 9.09. The minimum absolute atomic E-state index is 0.0685. The van der Waals surface area contributed by atoms with E-state index in [-0.39, 0.29) is 11.9 Å². The molecule has 0 bridgehead atoms. The van der Waals surface area contributed by atoms with Crippen LogP contribution in [0.1, 0.15) is 18.4 Å². The van der Waals surface area contributed by atoms with Crippen LogP contribution < -0.4 is 33.0 Å². The van der Waals surface area contributed by atoms with Crippen LogP contribution in [0.25, 0.3) is 11.1 Å². The van der Waals surface area contributed by atoms with E-state index in [1.165, 1.54) is 11.1 Å². The maximum absolute atomic E-state index is 5.88. The summed E-state index contributed by atoms with van der Waals surface area (Å²) in [5.41, 5.74) is 24.8. The molecule has 0 radical (unpaired) electrons. The predicted octanol–water partition coefficient (Wildman–Crippen LogP) is 1.21. The molecule has 0 aliphatic carbocycles. The number of hydrogen-bond acceptors (Lipinski definition) is 5. The lowest BCUT2D eigenvalue weighted by Crippen LogP contribution is -2.23. The second kappa shape index (κ2) is 11.8. The number of nitrogens with zero attached hydrogens (tertiary/aromatic N) is 2. The molecule has 0 fully saturated rings. The van der Waals surface area contributed by atoms with E-state index in [4.69, 9.17) is 27.7 Å². The van der Waals surface area contributed by atoms with Gasteiger partial charge in [0.15, 0.2) is 11.9 Å². The van der Waals surface area contributed by atoms with Crippen LogP contribution in [-0.2, 0) is 6.54 Å². The lowest BCUT2D eigenvalue weighted by Gasteiger charge is -2.13. The van der Waals surface area contributed by atoms with Gasteiger partial charge >= 0.3 is 0 Å². The standard InChI is InChI=1S/C19H29N7OS/c20-18(21)25-7-2-1-6-24-12-16-11-14(15-5-10-28-13-15)3-4-17(16)27-9-8-26-19(22)23/h3-5,10-11,13,24H,1-2,6-9,12H2,(H4,20,21,25)(H4,22,23,26). The predicted molar refractivity (Wildman–Crippen MR) is 118 cm³/mol. The number of thiophene rings is 1. The van der Waals surface area contributed by atoms with Gasteiger partial charge in [-0.25, -0.2) is 0 Å². The van der Waals surface area contributed by atoms with Gasteiger partial charge in [-0.3, -0.25) is 9.98 Å². The average molecular weight is 404 g/mol. The maximum Gasteiger partial charge on any atom is 0.186 e. The van der Waals surface area contributed by atoms with Gasteiger partial charge in [0.1, 0.15) is 12.4 Å². The van der Waals surface area contributed by atoms with E-state index in [9.17, 15) is 0 Å². The molecule has 0 saturated heterocycles. The molecule has 28 heavy (non-hydrogen) atoms. The van der Waals surface area contributed by atoms with Crippen molar-refractivity contribution in [1.29, 1.82) is 0 Å². The molecule has 9 heteroatoms. The zero-order chi connectivity index (χ0) is 20.2. The van der Waals surface area contributed by atoms with E-state index in [0.29, 0.717) is 26.2 Å². The number of unbranched alkanes of at least 4 members (excludes halogenated alkanes) is 1. The van der Waals surface area contributed by atoms with E-state index >= 15 is 0 Å².